The molecule has 0 aliphatic heterocycles. The molecule has 0 fully saturated rings. The number of hydrogen-bond donors (Lipinski definition) is 3. The van der Waals surface area contributed by atoms with Gasteiger partial charge in [0.1, 0.15) is 0 Å². The Balaban J connectivity index is 1.57. The van der Waals surface area contributed by atoms with Gasteiger partial charge in [-0.25, -0.2) is 5.10 Å². The topological polar surface area (TPSA) is 69.8 Å². The quantitative estimate of drug-likeness (QED) is 0.364. The Morgan fingerprint density at radius 3 is 2.64 bits per heavy atom. The van der Waals surface area contributed by atoms with Crippen molar-refractivity contribution < 1.29 is 0 Å². The first kappa shape index (κ1) is 19.8. The molecule has 0 spiro atoms. The molecule has 5 heteroatoms. The number of aromatic nitrogens is 2. The number of fused-ring (bicyclic) bond motifs is 1. The fourth-order valence-corrected chi connectivity index (χ4v) is 3.20. The summed E-state index contributed by atoms with van der Waals surface area (Å²) in [6.07, 6.45) is 3.48. The molecular weight excluding hydrogens is 348 g/mol. The van der Waals surface area contributed by atoms with Gasteiger partial charge in [-0.2, -0.15) is 5.10 Å². The lowest BCUT2D eigenvalue weighted by molar-refractivity contribution is 0.632. The highest BCUT2D eigenvalue weighted by Crippen LogP contribution is 2.26. The predicted octanol–water partition coefficient (Wildman–Crippen LogP) is 4.34. The number of nitrogens with zero attached hydrogens (tertiary/aromatic N) is 1. The van der Waals surface area contributed by atoms with Crippen LogP contribution in [0.3, 0.4) is 0 Å². The largest absolute Gasteiger partial charge is 0.385 e. The molecule has 0 saturated heterocycles. The number of nitrogens with one attached hydrogen (secondary N) is 3. The van der Waals surface area contributed by atoms with Gasteiger partial charge in [-0.15, -0.1) is 0 Å². The van der Waals surface area contributed by atoms with E-state index in [-0.39, 0.29) is 5.56 Å². The standard InChI is InChI=1S/C23H28N4O/c1-17(2)16-24-13-6-3-7-14-25-19-10-8-9-18(15-19)22-20-11-4-5-12-21(20)23(28)27-26-22/h4-5,8-12,15,24-25H,1,3,6-7,13-14,16H2,2H3,(H,27,28). The molecule has 2 aromatic carbocycles. The average molecular weight is 377 g/mol. The minimum absolute atomic E-state index is 0.161. The number of unbranched alkanes of at least 4 members (excludes halogenated alkanes) is 2. The van der Waals surface area contributed by atoms with Gasteiger partial charge in [0, 0.05) is 29.7 Å². The molecule has 0 radical (unpaired) electrons. The Hall–Kier alpha value is -2.92. The van der Waals surface area contributed by atoms with E-state index in [1.807, 2.05) is 43.3 Å². The first-order valence-corrected chi connectivity index (χ1v) is 9.82. The normalized spacial score (nSPS) is 10.9. The Kier molecular flexibility index (Phi) is 6.98. The zero-order valence-corrected chi connectivity index (χ0v) is 16.4. The lowest BCUT2D eigenvalue weighted by atomic mass is 10.0. The molecule has 0 saturated carbocycles. The zero-order valence-electron chi connectivity index (χ0n) is 16.4. The third-order valence-electron chi connectivity index (χ3n) is 4.62. The third-order valence-corrected chi connectivity index (χ3v) is 4.62. The zero-order chi connectivity index (χ0) is 19.8. The molecule has 0 atom stereocenters. The highest BCUT2D eigenvalue weighted by molar-refractivity contribution is 5.94. The maximum Gasteiger partial charge on any atom is 0.272 e. The number of aromatic amines is 1. The second-order valence-corrected chi connectivity index (χ2v) is 7.15. The van der Waals surface area contributed by atoms with Crippen molar-refractivity contribution in [3.8, 4) is 11.3 Å². The van der Waals surface area contributed by atoms with E-state index in [2.05, 4.69) is 39.5 Å². The van der Waals surface area contributed by atoms with Gasteiger partial charge in [-0.3, -0.25) is 4.79 Å². The van der Waals surface area contributed by atoms with Crippen molar-refractivity contribution in [2.45, 2.75) is 26.2 Å². The summed E-state index contributed by atoms with van der Waals surface area (Å²) in [6.45, 7) is 8.80. The molecule has 0 unspecified atom stereocenters. The fraction of sp³-hybridized carbons (Fsp3) is 0.304. The van der Waals surface area contributed by atoms with Gasteiger partial charge in [0.15, 0.2) is 0 Å². The van der Waals surface area contributed by atoms with Crippen molar-refractivity contribution in [2.75, 3.05) is 25.0 Å². The van der Waals surface area contributed by atoms with Crippen LogP contribution < -0.4 is 16.2 Å². The molecule has 5 nitrogen and oxygen atoms in total. The molecule has 146 valence electrons. The molecular formula is C23H28N4O. The van der Waals surface area contributed by atoms with E-state index in [4.69, 9.17) is 0 Å². The predicted molar refractivity (Wildman–Crippen MR) is 118 cm³/mol. The monoisotopic (exact) mass is 376 g/mol. The first-order valence-electron chi connectivity index (χ1n) is 9.82. The molecule has 0 aliphatic rings. The van der Waals surface area contributed by atoms with Gasteiger partial charge >= 0.3 is 0 Å². The lowest BCUT2D eigenvalue weighted by Gasteiger charge is -2.10. The van der Waals surface area contributed by atoms with E-state index in [0.717, 1.165) is 48.4 Å². The van der Waals surface area contributed by atoms with Crippen molar-refractivity contribution in [2.24, 2.45) is 0 Å². The van der Waals surface area contributed by atoms with Crippen LogP contribution >= 0.6 is 0 Å². The summed E-state index contributed by atoms with van der Waals surface area (Å²) >= 11 is 0. The van der Waals surface area contributed by atoms with Crippen LogP contribution in [0.15, 0.2) is 65.5 Å². The number of H-pyrrole nitrogens is 1. The van der Waals surface area contributed by atoms with Crippen LogP contribution in [-0.2, 0) is 0 Å². The number of hydrogen-bond acceptors (Lipinski definition) is 4. The van der Waals surface area contributed by atoms with Gasteiger partial charge in [-0.1, -0.05) is 48.9 Å². The molecule has 3 aromatic rings. The summed E-state index contributed by atoms with van der Waals surface area (Å²) < 4.78 is 0. The average Bonchev–Trinajstić information content (AvgIpc) is 2.70. The number of anilines is 1. The van der Waals surface area contributed by atoms with Crippen LogP contribution in [0.2, 0.25) is 0 Å². The van der Waals surface area contributed by atoms with E-state index >= 15 is 0 Å². The maximum atomic E-state index is 12.0. The molecule has 1 aromatic heterocycles. The smallest absolute Gasteiger partial charge is 0.272 e. The number of benzene rings is 2. The Labute approximate surface area is 165 Å². The summed E-state index contributed by atoms with van der Waals surface area (Å²) in [5.41, 5.74) is 3.86. The van der Waals surface area contributed by atoms with Crippen molar-refractivity contribution in [1.29, 1.82) is 0 Å². The molecule has 0 aliphatic carbocycles. The van der Waals surface area contributed by atoms with Crippen molar-refractivity contribution in [1.82, 2.24) is 15.5 Å². The highest BCUT2D eigenvalue weighted by Gasteiger charge is 2.08. The summed E-state index contributed by atoms with van der Waals surface area (Å²) in [5, 5.41) is 15.3. The molecule has 0 bridgehead atoms. The van der Waals surface area contributed by atoms with Gasteiger partial charge in [0.05, 0.1) is 11.1 Å². The van der Waals surface area contributed by atoms with Crippen molar-refractivity contribution in [3.63, 3.8) is 0 Å². The van der Waals surface area contributed by atoms with E-state index in [9.17, 15) is 4.79 Å². The van der Waals surface area contributed by atoms with E-state index in [1.165, 1.54) is 18.4 Å². The van der Waals surface area contributed by atoms with Crippen LogP contribution in [0.25, 0.3) is 22.0 Å². The van der Waals surface area contributed by atoms with E-state index in [0.29, 0.717) is 5.39 Å². The molecule has 28 heavy (non-hydrogen) atoms. The van der Waals surface area contributed by atoms with Crippen LogP contribution in [0.4, 0.5) is 5.69 Å². The van der Waals surface area contributed by atoms with E-state index in [1.54, 1.807) is 0 Å². The van der Waals surface area contributed by atoms with Crippen LogP contribution in [0.1, 0.15) is 26.2 Å². The fourth-order valence-electron chi connectivity index (χ4n) is 3.20. The minimum Gasteiger partial charge on any atom is -0.385 e. The third kappa shape index (κ3) is 5.30. The SMILES string of the molecule is C=C(C)CNCCCCCNc1cccc(-c2n[nH]c(=O)c3ccccc23)c1. The van der Waals surface area contributed by atoms with Gasteiger partial charge in [0.2, 0.25) is 0 Å². The van der Waals surface area contributed by atoms with Crippen LogP contribution in [0, 0.1) is 0 Å². The van der Waals surface area contributed by atoms with Gasteiger partial charge < -0.3 is 10.6 Å². The molecule has 1 heterocycles. The summed E-state index contributed by atoms with van der Waals surface area (Å²) in [5.74, 6) is 0. The van der Waals surface area contributed by atoms with Gasteiger partial charge in [0.25, 0.3) is 5.56 Å². The molecule has 3 rings (SSSR count). The van der Waals surface area contributed by atoms with Crippen molar-refractivity contribution in [3.05, 3.63) is 71.0 Å². The Bertz CT molecular complexity index is 993. The highest BCUT2D eigenvalue weighted by atomic mass is 16.1. The second kappa shape index (κ2) is 9.85. The first-order chi connectivity index (χ1) is 13.6. The van der Waals surface area contributed by atoms with E-state index < -0.39 is 0 Å². The van der Waals surface area contributed by atoms with Gasteiger partial charge in [-0.05, 0) is 44.5 Å². The molecule has 3 N–H and O–H groups in total. The minimum atomic E-state index is -0.161. The molecule has 0 amide bonds. The van der Waals surface area contributed by atoms with Crippen molar-refractivity contribution >= 4 is 16.5 Å². The summed E-state index contributed by atoms with van der Waals surface area (Å²) in [7, 11) is 0. The Morgan fingerprint density at radius 1 is 1.04 bits per heavy atom. The summed E-state index contributed by atoms with van der Waals surface area (Å²) in [6, 6.07) is 15.7. The lowest BCUT2D eigenvalue weighted by Crippen LogP contribution is -2.17. The Morgan fingerprint density at radius 2 is 1.82 bits per heavy atom. The van der Waals surface area contributed by atoms with Crippen LogP contribution in [0.5, 0.6) is 0 Å². The number of rotatable bonds is 10. The maximum absolute atomic E-state index is 12.0. The second-order valence-electron chi connectivity index (χ2n) is 7.15. The summed E-state index contributed by atoms with van der Waals surface area (Å²) in [4.78, 5) is 12.0. The van der Waals surface area contributed by atoms with Crippen LogP contribution in [-0.4, -0.2) is 29.8 Å².